The average molecular weight is 326 g/mol. The number of thioether (sulfide) groups is 1. The van der Waals surface area contributed by atoms with Crippen LogP contribution in [-0.2, 0) is 11.8 Å². The van der Waals surface area contributed by atoms with Crippen molar-refractivity contribution in [1.29, 1.82) is 0 Å². The van der Waals surface area contributed by atoms with Crippen LogP contribution in [0.15, 0.2) is 35.7 Å². The monoisotopic (exact) mass is 325 g/mol. The molecule has 0 bridgehead atoms. The minimum atomic E-state index is -0.0575. The van der Waals surface area contributed by atoms with E-state index in [0.717, 1.165) is 5.16 Å². The predicted molar refractivity (Wildman–Crippen MR) is 85.2 cm³/mol. The number of hydrogen-bond acceptors (Lipinski definition) is 4. The molecular formula is C14H16ClN3O2S. The van der Waals surface area contributed by atoms with Crippen molar-refractivity contribution in [1.82, 2.24) is 9.55 Å². The molecule has 7 heteroatoms. The Balaban J connectivity index is 1.82. The summed E-state index contributed by atoms with van der Waals surface area (Å²) in [6.45, 7) is 0. The van der Waals surface area contributed by atoms with Crippen LogP contribution in [0.2, 0.25) is 5.02 Å². The highest BCUT2D eigenvalue weighted by Gasteiger charge is 2.07. The standard InChI is InChI=1S/C14H16ClN3O2S/c1-18-7-6-16-14(18)21-8-5-13(19)17-10-3-4-12(20-2)11(15)9-10/h3-4,6-7,9H,5,8H2,1-2H3,(H,17,19). The molecular weight excluding hydrogens is 310 g/mol. The normalized spacial score (nSPS) is 10.4. The highest BCUT2D eigenvalue weighted by atomic mass is 35.5. The van der Waals surface area contributed by atoms with E-state index in [1.807, 2.05) is 17.8 Å². The number of imidazole rings is 1. The molecule has 21 heavy (non-hydrogen) atoms. The zero-order chi connectivity index (χ0) is 15.2. The lowest BCUT2D eigenvalue weighted by Gasteiger charge is -2.08. The number of hydrogen-bond donors (Lipinski definition) is 1. The number of carbonyl (C=O) groups excluding carboxylic acids is 1. The van der Waals surface area contributed by atoms with Crippen LogP contribution < -0.4 is 10.1 Å². The second-order valence-corrected chi connectivity index (χ2v) is 5.79. The second kappa shape index (κ2) is 7.38. The van der Waals surface area contributed by atoms with Crippen LogP contribution in [0, 0.1) is 0 Å². The van der Waals surface area contributed by atoms with Crippen molar-refractivity contribution in [2.75, 3.05) is 18.2 Å². The van der Waals surface area contributed by atoms with E-state index in [0.29, 0.717) is 28.6 Å². The van der Waals surface area contributed by atoms with E-state index in [1.165, 1.54) is 0 Å². The number of carbonyl (C=O) groups is 1. The van der Waals surface area contributed by atoms with Gasteiger partial charge < -0.3 is 14.6 Å². The molecule has 2 aromatic rings. The zero-order valence-corrected chi connectivity index (χ0v) is 13.4. The van der Waals surface area contributed by atoms with Gasteiger partial charge in [-0.15, -0.1) is 0 Å². The summed E-state index contributed by atoms with van der Waals surface area (Å²) in [5, 5.41) is 4.18. The van der Waals surface area contributed by atoms with E-state index in [9.17, 15) is 4.79 Å². The van der Waals surface area contributed by atoms with Crippen LogP contribution in [-0.4, -0.2) is 28.3 Å². The highest BCUT2D eigenvalue weighted by molar-refractivity contribution is 7.99. The molecule has 1 amide bonds. The van der Waals surface area contributed by atoms with Crippen LogP contribution in [0.25, 0.3) is 0 Å². The molecule has 0 spiro atoms. The molecule has 5 nitrogen and oxygen atoms in total. The molecule has 0 atom stereocenters. The molecule has 0 aliphatic heterocycles. The fraction of sp³-hybridized carbons (Fsp3) is 0.286. The third-order valence-corrected chi connectivity index (χ3v) is 4.13. The van der Waals surface area contributed by atoms with E-state index >= 15 is 0 Å². The number of methoxy groups -OCH3 is 1. The quantitative estimate of drug-likeness (QED) is 0.829. The van der Waals surface area contributed by atoms with E-state index in [2.05, 4.69) is 10.3 Å². The number of anilines is 1. The van der Waals surface area contributed by atoms with E-state index < -0.39 is 0 Å². The van der Waals surface area contributed by atoms with Crippen LogP contribution in [0.5, 0.6) is 5.75 Å². The molecule has 1 N–H and O–H groups in total. The molecule has 0 unspecified atom stereocenters. The van der Waals surface area contributed by atoms with Crippen molar-refractivity contribution in [2.45, 2.75) is 11.6 Å². The van der Waals surface area contributed by atoms with Gasteiger partial charge in [0.1, 0.15) is 5.75 Å². The first-order valence-corrected chi connectivity index (χ1v) is 7.70. The van der Waals surface area contributed by atoms with Crippen molar-refractivity contribution in [3.8, 4) is 5.75 Å². The molecule has 0 saturated carbocycles. The van der Waals surface area contributed by atoms with Crippen molar-refractivity contribution >= 4 is 35.0 Å². The maximum atomic E-state index is 11.9. The molecule has 2 rings (SSSR count). The Morgan fingerprint density at radius 2 is 2.33 bits per heavy atom. The van der Waals surface area contributed by atoms with Gasteiger partial charge in [0.05, 0.1) is 12.1 Å². The smallest absolute Gasteiger partial charge is 0.225 e. The van der Waals surface area contributed by atoms with E-state index in [-0.39, 0.29) is 5.91 Å². The van der Waals surface area contributed by atoms with Gasteiger partial charge >= 0.3 is 0 Å². The van der Waals surface area contributed by atoms with Gasteiger partial charge in [-0.05, 0) is 18.2 Å². The largest absolute Gasteiger partial charge is 0.495 e. The summed E-state index contributed by atoms with van der Waals surface area (Å²) in [6, 6.07) is 5.15. The average Bonchev–Trinajstić information content (AvgIpc) is 2.85. The Morgan fingerprint density at radius 3 is 2.95 bits per heavy atom. The van der Waals surface area contributed by atoms with Gasteiger partial charge in [-0.25, -0.2) is 4.98 Å². The Bertz CT molecular complexity index is 630. The predicted octanol–water partition coefficient (Wildman–Crippen LogP) is 3.20. The second-order valence-electron chi connectivity index (χ2n) is 4.32. The third kappa shape index (κ3) is 4.41. The summed E-state index contributed by atoms with van der Waals surface area (Å²) in [5.74, 6) is 1.19. The number of nitrogens with one attached hydrogen (secondary N) is 1. The highest BCUT2D eigenvalue weighted by Crippen LogP contribution is 2.27. The van der Waals surface area contributed by atoms with E-state index in [1.54, 1.807) is 43.3 Å². The minimum absolute atomic E-state index is 0.0575. The number of amides is 1. The number of aromatic nitrogens is 2. The van der Waals surface area contributed by atoms with Crippen molar-refractivity contribution in [3.05, 3.63) is 35.6 Å². The zero-order valence-electron chi connectivity index (χ0n) is 11.8. The Kier molecular flexibility index (Phi) is 5.52. The van der Waals surface area contributed by atoms with Crippen LogP contribution in [0.3, 0.4) is 0 Å². The summed E-state index contributed by atoms with van der Waals surface area (Å²) >= 11 is 7.56. The number of nitrogens with zero attached hydrogens (tertiary/aromatic N) is 2. The lowest BCUT2D eigenvalue weighted by Crippen LogP contribution is -2.12. The summed E-state index contributed by atoms with van der Waals surface area (Å²) < 4.78 is 6.99. The molecule has 0 aliphatic carbocycles. The van der Waals surface area contributed by atoms with Gasteiger partial charge in [0.15, 0.2) is 5.16 Å². The van der Waals surface area contributed by atoms with Crippen molar-refractivity contribution in [2.24, 2.45) is 7.05 Å². The molecule has 0 fully saturated rings. The Labute approximate surface area is 132 Å². The van der Waals surface area contributed by atoms with Crippen LogP contribution in [0.4, 0.5) is 5.69 Å². The Morgan fingerprint density at radius 1 is 1.52 bits per heavy atom. The fourth-order valence-corrected chi connectivity index (χ4v) is 2.82. The Hall–Kier alpha value is -1.66. The first-order chi connectivity index (χ1) is 10.1. The number of halogens is 1. The molecule has 1 aromatic heterocycles. The number of benzene rings is 1. The summed E-state index contributed by atoms with van der Waals surface area (Å²) in [6.07, 6.45) is 4.02. The number of rotatable bonds is 6. The van der Waals surface area contributed by atoms with Gasteiger partial charge in [-0.3, -0.25) is 4.79 Å². The maximum absolute atomic E-state index is 11.9. The first-order valence-electron chi connectivity index (χ1n) is 6.33. The minimum Gasteiger partial charge on any atom is -0.495 e. The lowest BCUT2D eigenvalue weighted by molar-refractivity contribution is -0.115. The molecule has 1 aromatic carbocycles. The van der Waals surface area contributed by atoms with Gasteiger partial charge in [-0.1, -0.05) is 23.4 Å². The van der Waals surface area contributed by atoms with Gasteiger partial charge in [0.2, 0.25) is 5.91 Å². The van der Waals surface area contributed by atoms with Gasteiger partial charge in [-0.2, -0.15) is 0 Å². The van der Waals surface area contributed by atoms with Crippen LogP contribution >= 0.6 is 23.4 Å². The molecule has 112 valence electrons. The summed E-state index contributed by atoms with van der Waals surface area (Å²) in [5.41, 5.74) is 0.660. The fourth-order valence-electron chi connectivity index (χ4n) is 1.69. The van der Waals surface area contributed by atoms with Crippen molar-refractivity contribution < 1.29 is 9.53 Å². The van der Waals surface area contributed by atoms with Gasteiger partial charge in [0, 0.05) is 37.3 Å². The van der Waals surface area contributed by atoms with Gasteiger partial charge in [0.25, 0.3) is 0 Å². The van der Waals surface area contributed by atoms with Crippen molar-refractivity contribution in [3.63, 3.8) is 0 Å². The van der Waals surface area contributed by atoms with Crippen LogP contribution in [0.1, 0.15) is 6.42 Å². The number of ether oxygens (including phenoxy) is 1. The SMILES string of the molecule is COc1ccc(NC(=O)CCSc2nccn2C)cc1Cl. The first kappa shape index (κ1) is 15.7. The summed E-state index contributed by atoms with van der Waals surface area (Å²) in [4.78, 5) is 16.1. The topological polar surface area (TPSA) is 56.1 Å². The molecule has 0 aliphatic rings. The molecule has 0 saturated heterocycles. The molecule has 0 radical (unpaired) electrons. The number of aryl methyl sites for hydroxylation is 1. The summed E-state index contributed by atoms with van der Waals surface area (Å²) in [7, 11) is 3.48. The maximum Gasteiger partial charge on any atom is 0.225 e. The molecule has 1 heterocycles. The van der Waals surface area contributed by atoms with E-state index in [4.69, 9.17) is 16.3 Å². The third-order valence-electron chi connectivity index (χ3n) is 2.77. The lowest BCUT2D eigenvalue weighted by atomic mass is 10.3.